The number of fused-ring (bicyclic) bond motifs is 1. The Morgan fingerprint density at radius 2 is 1.68 bits per heavy atom. The van der Waals surface area contributed by atoms with E-state index in [0.29, 0.717) is 33.3 Å². The molecule has 0 aliphatic heterocycles. The van der Waals surface area contributed by atoms with Crippen molar-refractivity contribution < 1.29 is 9.21 Å². The second-order valence-electron chi connectivity index (χ2n) is 7.02. The molecule has 4 aromatic rings. The first-order valence-electron chi connectivity index (χ1n) is 8.96. The van der Waals surface area contributed by atoms with Gasteiger partial charge in [0.05, 0.1) is 10.6 Å². The minimum atomic E-state index is -0.173. The van der Waals surface area contributed by atoms with Gasteiger partial charge in [0.25, 0.3) is 5.91 Å². The fourth-order valence-electron chi connectivity index (χ4n) is 3.23. The van der Waals surface area contributed by atoms with Crippen LogP contribution in [0.4, 0.5) is 5.69 Å². The Bertz CT molecular complexity index is 1190. The van der Waals surface area contributed by atoms with Gasteiger partial charge in [-0.2, -0.15) is 0 Å². The summed E-state index contributed by atoms with van der Waals surface area (Å²) < 4.78 is 5.86. The average Bonchev–Trinajstić information content (AvgIpc) is 3.05. The van der Waals surface area contributed by atoms with E-state index in [1.807, 2.05) is 57.2 Å². The quantitative estimate of drug-likeness (QED) is 0.445. The number of nitrogens with zero attached hydrogens (tertiary/aromatic N) is 1. The molecule has 1 N–H and O–H groups in total. The van der Waals surface area contributed by atoms with Crippen molar-refractivity contribution in [2.75, 3.05) is 5.32 Å². The number of halogens is 1. The second-order valence-corrected chi connectivity index (χ2v) is 7.42. The molecule has 4 nitrogen and oxygen atoms in total. The topological polar surface area (TPSA) is 55.1 Å². The number of hydrogen-bond donors (Lipinski definition) is 1. The summed E-state index contributed by atoms with van der Waals surface area (Å²) in [5.41, 5.74) is 6.54. The number of amides is 1. The zero-order valence-corrected chi connectivity index (χ0v) is 16.6. The molecular weight excluding hydrogens is 372 g/mol. The standard InChI is InChI=1S/C23H19ClN2O2/c1-13-4-7-21-20(11-13)26-23(28-21)18-12-17(5-6-19(18)24)25-22(27)16-9-14(2)8-15(3)10-16/h4-12H,1-3H3,(H,25,27). The summed E-state index contributed by atoms with van der Waals surface area (Å²) >= 11 is 6.37. The molecule has 0 radical (unpaired) electrons. The molecule has 0 unspecified atom stereocenters. The van der Waals surface area contributed by atoms with Crippen molar-refractivity contribution in [3.63, 3.8) is 0 Å². The molecule has 0 saturated carbocycles. The number of rotatable bonds is 3. The van der Waals surface area contributed by atoms with Crippen LogP contribution in [0.5, 0.6) is 0 Å². The van der Waals surface area contributed by atoms with Gasteiger partial charge in [-0.25, -0.2) is 4.98 Å². The van der Waals surface area contributed by atoms with Crippen molar-refractivity contribution in [3.05, 3.63) is 81.9 Å². The Kier molecular flexibility index (Phi) is 4.65. The van der Waals surface area contributed by atoms with Crippen molar-refractivity contribution in [2.24, 2.45) is 0 Å². The molecule has 28 heavy (non-hydrogen) atoms. The lowest BCUT2D eigenvalue weighted by molar-refractivity contribution is 0.102. The highest BCUT2D eigenvalue weighted by atomic mass is 35.5. The number of carbonyl (C=O) groups is 1. The van der Waals surface area contributed by atoms with E-state index in [2.05, 4.69) is 10.3 Å². The summed E-state index contributed by atoms with van der Waals surface area (Å²) in [6.07, 6.45) is 0. The lowest BCUT2D eigenvalue weighted by atomic mass is 10.1. The van der Waals surface area contributed by atoms with Gasteiger partial charge in [0.15, 0.2) is 5.58 Å². The lowest BCUT2D eigenvalue weighted by Crippen LogP contribution is -2.12. The molecule has 1 heterocycles. The lowest BCUT2D eigenvalue weighted by Gasteiger charge is -2.09. The number of hydrogen-bond acceptors (Lipinski definition) is 3. The molecule has 1 amide bonds. The molecule has 0 aliphatic carbocycles. The zero-order valence-electron chi connectivity index (χ0n) is 15.8. The van der Waals surface area contributed by atoms with Crippen LogP contribution < -0.4 is 5.32 Å². The minimum Gasteiger partial charge on any atom is -0.436 e. The van der Waals surface area contributed by atoms with Crippen LogP contribution in [0, 0.1) is 20.8 Å². The van der Waals surface area contributed by atoms with E-state index in [1.54, 1.807) is 18.2 Å². The van der Waals surface area contributed by atoms with Crippen LogP contribution in [0.25, 0.3) is 22.6 Å². The molecule has 0 saturated heterocycles. The van der Waals surface area contributed by atoms with Crippen LogP contribution in [0.3, 0.4) is 0 Å². The maximum Gasteiger partial charge on any atom is 0.255 e. The van der Waals surface area contributed by atoms with Crippen molar-refractivity contribution >= 4 is 34.3 Å². The van der Waals surface area contributed by atoms with Crippen molar-refractivity contribution in [1.82, 2.24) is 4.98 Å². The molecule has 4 rings (SSSR count). The van der Waals surface area contributed by atoms with Crippen LogP contribution in [0.1, 0.15) is 27.0 Å². The third-order valence-corrected chi connectivity index (χ3v) is 4.81. The summed E-state index contributed by atoms with van der Waals surface area (Å²) in [7, 11) is 0. The van der Waals surface area contributed by atoms with Crippen molar-refractivity contribution in [2.45, 2.75) is 20.8 Å². The van der Waals surface area contributed by atoms with Crippen LogP contribution >= 0.6 is 11.6 Å². The number of carbonyl (C=O) groups excluding carboxylic acids is 1. The smallest absolute Gasteiger partial charge is 0.255 e. The summed E-state index contributed by atoms with van der Waals surface area (Å²) in [6, 6.07) is 16.9. The van der Waals surface area contributed by atoms with E-state index in [9.17, 15) is 4.79 Å². The molecular formula is C23H19ClN2O2. The van der Waals surface area contributed by atoms with E-state index in [4.69, 9.17) is 16.0 Å². The number of nitrogens with one attached hydrogen (secondary N) is 1. The van der Waals surface area contributed by atoms with Crippen LogP contribution in [0.2, 0.25) is 5.02 Å². The SMILES string of the molecule is Cc1cc(C)cc(C(=O)Nc2ccc(Cl)c(-c3nc4cc(C)ccc4o3)c2)c1. The second kappa shape index (κ2) is 7.13. The minimum absolute atomic E-state index is 0.173. The van der Waals surface area contributed by atoms with Crippen LogP contribution in [0.15, 0.2) is 59.0 Å². The van der Waals surface area contributed by atoms with Gasteiger partial charge in [0.2, 0.25) is 5.89 Å². The highest BCUT2D eigenvalue weighted by Gasteiger charge is 2.14. The van der Waals surface area contributed by atoms with Crippen LogP contribution in [-0.4, -0.2) is 10.9 Å². The fraction of sp³-hybridized carbons (Fsp3) is 0.130. The Balaban J connectivity index is 1.67. The largest absolute Gasteiger partial charge is 0.436 e. The Morgan fingerprint density at radius 1 is 0.929 bits per heavy atom. The highest BCUT2D eigenvalue weighted by Crippen LogP contribution is 2.32. The first-order valence-corrected chi connectivity index (χ1v) is 9.33. The summed E-state index contributed by atoms with van der Waals surface area (Å²) in [5.74, 6) is 0.251. The van der Waals surface area contributed by atoms with Gasteiger partial charge in [-0.3, -0.25) is 4.79 Å². The molecule has 0 aliphatic rings. The highest BCUT2D eigenvalue weighted by molar-refractivity contribution is 6.33. The van der Waals surface area contributed by atoms with Gasteiger partial charge in [0, 0.05) is 11.3 Å². The van der Waals surface area contributed by atoms with E-state index in [-0.39, 0.29) is 5.91 Å². The molecule has 0 atom stereocenters. The Hall–Kier alpha value is -3.11. The maximum absolute atomic E-state index is 12.6. The third kappa shape index (κ3) is 3.64. The summed E-state index contributed by atoms with van der Waals surface area (Å²) in [4.78, 5) is 17.2. The van der Waals surface area contributed by atoms with Gasteiger partial charge in [-0.15, -0.1) is 0 Å². The Labute approximate surface area is 168 Å². The van der Waals surface area contributed by atoms with Crippen molar-refractivity contribution in [3.8, 4) is 11.5 Å². The molecule has 1 aromatic heterocycles. The number of benzene rings is 3. The molecule has 0 bridgehead atoms. The Morgan fingerprint density at radius 3 is 2.43 bits per heavy atom. The number of anilines is 1. The first kappa shape index (κ1) is 18.3. The number of aromatic nitrogens is 1. The number of aryl methyl sites for hydroxylation is 3. The summed E-state index contributed by atoms with van der Waals surface area (Å²) in [5, 5.41) is 3.43. The zero-order chi connectivity index (χ0) is 19.8. The van der Waals surface area contributed by atoms with E-state index < -0.39 is 0 Å². The maximum atomic E-state index is 12.6. The average molecular weight is 391 g/mol. The fourth-order valence-corrected chi connectivity index (χ4v) is 3.43. The molecule has 0 fully saturated rings. The molecule has 5 heteroatoms. The van der Waals surface area contributed by atoms with Gasteiger partial charge in [0.1, 0.15) is 5.52 Å². The normalized spacial score (nSPS) is 11.0. The summed E-state index contributed by atoms with van der Waals surface area (Å²) in [6.45, 7) is 5.95. The van der Waals surface area contributed by atoms with E-state index >= 15 is 0 Å². The molecule has 140 valence electrons. The third-order valence-electron chi connectivity index (χ3n) is 4.48. The van der Waals surface area contributed by atoms with E-state index in [0.717, 1.165) is 22.2 Å². The monoisotopic (exact) mass is 390 g/mol. The van der Waals surface area contributed by atoms with Crippen LogP contribution in [-0.2, 0) is 0 Å². The predicted molar refractivity (Wildman–Crippen MR) is 113 cm³/mol. The number of oxazole rings is 1. The molecule has 3 aromatic carbocycles. The predicted octanol–water partition coefficient (Wildman–Crippen LogP) is 6.33. The van der Waals surface area contributed by atoms with E-state index in [1.165, 1.54) is 0 Å². The van der Waals surface area contributed by atoms with Crippen molar-refractivity contribution in [1.29, 1.82) is 0 Å². The van der Waals surface area contributed by atoms with Gasteiger partial charge in [-0.1, -0.05) is 34.9 Å². The van der Waals surface area contributed by atoms with Gasteiger partial charge in [-0.05, 0) is 68.8 Å². The molecule has 0 spiro atoms. The first-order chi connectivity index (χ1) is 13.4. The van der Waals surface area contributed by atoms with Gasteiger partial charge < -0.3 is 9.73 Å². The van der Waals surface area contributed by atoms with Gasteiger partial charge >= 0.3 is 0 Å².